The molecule has 0 atom stereocenters. The molecular formula is C16H18Cl2N2. The Balaban J connectivity index is 2.45. The van der Waals surface area contributed by atoms with Gasteiger partial charge in [-0.2, -0.15) is 0 Å². The lowest BCUT2D eigenvalue weighted by molar-refractivity contribution is 0.541. The quantitative estimate of drug-likeness (QED) is 0.835. The lowest BCUT2D eigenvalue weighted by Crippen LogP contribution is -2.32. The van der Waals surface area contributed by atoms with Crippen molar-refractivity contribution < 1.29 is 0 Å². The second kappa shape index (κ2) is 4.87. The zero-order valence-electron chi connectivity index (χ0n) is 11.8. The van der Waals surface area contributed by atoms with Crippen molar-refractivity contribution in [2.45, 2.75) is 45.1 Å². The molecule has 0 unspecified atom stereocenters. The maximum absolute atomic E-state index is 6.43. The molecule has 0 bridgehead atoms. The highest BCUT2D eigenvalue weighted by molar-refractivity contribution is 6.45. The molecule has 1 aromatic carbocycles. The van der Waals surface area contributed by atoms with Crippen LogP contribution in [-0.2, 0) is 18.4 Å². The Labute approximate surface area is 129 Å². The summed E-state index contributed by atoms with van der Waals surface area (Å²) in [4.78, 5) is 4.78. The predicted octanol–water partition coefficient (Wildman–Crippen LogP) is 4.61. The van der Waals surface area contributed by atoms with Gasteiger partial charge in [-0.15, -0.1) is 0 Å². The van der Waals surface area contributed by atoms with E-state index in [1.165, 1.54) is 24.0 Å². The van der Waals surface area contributed by atoms with Crippen LogP contribution < -0.4 is 5.73 Å². The molecular weight excluding hydrogens is 291 g/mol. The van der Waals surface area contributed by atoms with E-state index in [1.807, 2.05) is 26.0 Å². The predicted molar refractivity (Wildman–Crippen MR) is 85.6 cm³/mol. The smallest absolute Gasteiger partial charge is 0.0910 e. The van der Waals surface area contributed by atoms with Crippen LogP contribution in [0.5, 0.6) is 0 Å². The summed E-state index contributed by atoms with van der Waals surface area (Å²) in [6.07, 6.45) is 4.42. The highest BCUT2D eigenvalue weighted by atomic mass is 35.5. The first-order valence-electron chi connectivity index (χ1n) is 6.98. The molecule has 1 aromatic heterocycles. The van der Waals surface area contributed by atoms with E-state index in [4.69, 9.17) is 33.9 Å². The SMILES string of the molecule is CC(C)(N)c1c2c(nc3c(Cl)c(Cl)ccc13)CCCC2. The van der Waals surface area contributed by atoms with E-state index in [2.05, 4.69) is 0 Å². The van der Waals surface area contributed by atoms with E-state index < -0.39 is 5.54 Å². The Morgan fingerprint density at radius 2 is 1.85 bits per heavy atom. The average molecular weight is 309 g/mol. The van der Waals surface area contributed by atoms with Gasteiger partial charge in [0, 0.05) is 16.6 Å². The van der Waals surface area contributed by atoms with Gasteiger partial charge in [0.05, 0.1) is 15.6 Å². The molecule has 0 saturated heterocycles. The summed E-state index contributed by atoms with van der Waals surface area (Å²) in [5.41, 5.74) is 10.4. The van der Waals surface area contributed by atoms with Crippen LogP contribution in [-0.4, -0.2) is 4.98 Å². The number of aromatic nitrogens is 1. The second-order valence-electron chi connectivity index (χ2n) is 6.10. The van der Waals surface area contributed by atoms with Crippen LogP contribution in [0.1, 0.15) is 43.5 Å². The van der Waals surface area contributed by atoms with Gasteiger partial charge >= 0.3 is 0 Å². The first kappa shape index (κ1) is 14.1. The largest absolute Gasteiger partial charge is 0.322 e. The third-order valence-electron chi connectivity index (χ3n) is 3.97. The van der Waals surface area contributed by atoms with Gasteiger partial charge in [0.2, 0.25) is 0 Å². The number of rotatable bonds is 1. The Morgan fingerprint density at radius 3 is 2.55 bits per heavy atom. The van der Waals surface area contributed by atoms with Gasteiger partial charge < -0.3 is 5.73 Å². The van der Waals surface area contributed by atoms with Gasteiger partial charge in [-0.05, 0) is 56.7 Å². The first-order valence-corrected chi connectivity index (χ1v) is 7.74. The molecule has 0 saturated carbocycles. The van der Waals surface area contributed by atoms with Crippen molar-refractivity contribution >= 4 is 34.1 Å². The van der Waals surface area contributed by atoms with Gasteiger partial charge in [-0.3, -0.25) is 4.98 Å². The summed E-state index contributed by atoms with van der Waals surface area (Å²) in [5.74, 6) is 0. The monoisotopic (exact) mass is 308 g/mol. The van der Waals surface area contributed by atoms with Crippen LogP contribution in [0.25, 0.3) is 10.9 Å². The summed E-state index contributed by atoms with van der Waals surface area (Å²) >= 11 is 12.5. The standard InChI is InChI=1S/C16H18Cl2N2/c1-16(2,19)13-9-5-3-4-6-12(9)20-15-10(13)7-8-11(17)14(15)18/h7-8H,3-6,19H2,1-2H3. The Hall–Kier alpha value is -0.830. The summed E-state index contributed by atoms with van der Waals surface area (Å²) in [6.45, 7) is 4.08. The van der Waals surface area contributed by atoms with Crippen molar-refractivity contribution in [3.8, 4) is 0 Å². The summed E-state index contributed by atoms with van der Waals surface area (Å²) < 4.78 is 0. The molecule has 2 aromatic rings. The van der Waals surface area contributed by atoms with E-state index >= 15 is 0 Å². The molecule has 2 N–H and O–H groups in total. The first-order chi connectivity index (χ1) is 9.39. The highest BCUT2D eigenvalue weighted by Gasteiger charge is 2.27. The van der Waals surface area contributed by atoms with E-state index in [1.54, 1.807) is 0 Å². The fraction of sp³-hybridized carbons (Fsp3) is 0.438. The molecule has 0 fully saturated rings. The van der Waals surface area contributed by atoms with Crippen molar-refractivity contribution in [3.63, 3.8) is 0 Å². The molecule has 2 nitrogen and oxygen atoms in total. The van der Waals surface area contributed by atoms with Crippen molar-refractivity contribution in [1.29, 1.82) is 0 Å². The van der Waals surface area contributed by atoms with Crippen LogP contribution in [0.3, 0.4) is 0 Å². The molecule has 1 heterocycles. The van der Waals surface area contributed by atoms with Gasteiger partial charge in [0.1, 0.15) is 0 Å². The lowest BCUT2D eigenvalue weighted by atomic mass is 9.82. The molecule has 0 amide bonds. The second-order valence-corrected chi connectivity index (χ2v) is 6.88. The maximum atomic E-state index is 6.43. The number of halogens is 2. The molecule has 0 aliphatic heterocycles. The fourth-order valence-corrected chi connectivity index (χ4v) is 3.53. The molecule has 106 valence electrons. The topological polar surface area (TPSA) is 38.9 Å². The third kappa shape index (κ3) is 2.20. The van der Waals surface area contributed by atoms with E-state index in [0.29, 0.717) is 10.0 Å². The number of benzene rings is 1. The Kier molecular flexibility index (Phi) is 3.44. The number of pyridine rings is 1. The number of fused-ring (bicyclic) bond motifs is 2. The van der Waals surface area contributed by atoms with E-state index in [0.717, 1.165) is 29.4 Å². The normalized spacial score (nSPS) is 15.4. The van der Waals surface area contributed by atoms with E-state index in [9.17, 15) is 0 Å². The fourth-order valence-electron chi connectivity index (χ4n) is 3.17. The molecule has 1 aliphatic carbocycles. The third-order valence-corrected chi connectivity index (χ3v) is 4.76. The van der Waals surface area contributed by atoms with Crippen LogP contribution in [0.2, 0.25) is 10.0 Å². The highest BCUT2D eigenvalue weighted by Crippen LogP contribution is 2.39. The van der Waals surface area contributed by atoms with E-state index in [-0.39, 0.29) is 0 Å². The summed E-state index contributed by atoms with van der Waals surface area (Å²) in [7, 11) is 0. The zero-order chi connectivity index (χ0) is 14.5. The molecule has 0 spiro atoms. The number of nitrogens with zero attached hydrogens (tertiary/aromatic N) is 1. The molecule has 20 heavy (non-hydrogen) atoms. The summed E-state index contributed by atoms with van der Waals surface area (Å²) in [5, 5.41) is 2.11. The van der Waals surface area contributed by atoms with Crippen LogP contribution in [0.4, 0.5) is 0 Å². The number of nitrogens with two attached hydrogens (primary N) is 1. The van der Waals surface area contributed by atoms with Crippen LogP contribution in [0.15, 0.2) is 12.1 Å². The van der Waals surface area contributed by atoms with Gasteiger partial charge in [0.25, 0.3) is 0 Å². The van der Waals surface area contributed by atoms with Crippen LogP contribution >= 0.6 is 23.2 Å². The number of aryl methyl sites for hydroxylation is 1. The summed E-state index contributed by atoms with van der Waals surface area (Å²) in [6, 6.07) is 3.83. The number of hydrogen-bond donors (Lipinski definition) is 1. The minimum absolute atomic E-state index is 0.417. The van der Waals surface area contributed by atoms with Crippen LogP contribution in [0, 0.1) is 0 Å². The average Bonchev–Trinajstić information content (AvgIpc) is 2.39. The minimum Gasteiger partial charge on any atom is -0.322 e. The van der Waals surface area contributed by atoms with Crippen molar-refractivity contribution in [2.24, 2.45) is 5.73 Å². The number of hydrogen-bond acceptors (Lipinski definition) is 2. The Morgan fingerprint density at radius 1 is 1.15 bits per heavy atom. The molecule has 1 aliphatic rings. The molecule has 4 heteroatoms. The van der Waals surface area contributed by atoms with Crippen molar-refractivity contribution in [2.75, 3.05) is 0 Å². The lowest BCUT2D eigenvalue weighted by Gasteiger charge is -2.29. The van der Waals surface area contributed by atoms with Gasteiger partial charge in [-0.25, -0.2) is 0 Å². The zero-order valence-corrected chi connectivity index (χ0v) is 13.3. The minimum atomic E-state index is -0.417. The van der Waals surface area contributed by atoms with Gasteiger partial charge in [0.15, 0.2) is 0 Å². The van der Waals surface area contributed by atoms with Crippen molar-refractivity contribution in [1.82, 2.24) is 4.98 Å². The molecule has 0 radical (unpaired) electrons. The van der Waals surface area contributed by atoms with Crippen molar-refractivity contribution in [3.05, 3.63) is 39.0 Å². The maximum Gasteiger partial charge on any atom is 0.0910 e. The molecule has 3 rings (SSSR count). The van der Waals surface area contributed by atoms with Gasteiger partial charge in [-0.1, -0.05) is 29.3 Å². The Bertz CT molecular complexity index is 687.